The number of rotatable bonds is 5. The largest absolute Gasteiger partial charge is 0.379 e. The Hall–Kier alpha value is -0.670. The Kier molecular flexibility index (Phi) is 5.58. The van der Waals surface area contributed by atoms with Crippen LogP contribution in [0.5, 0.6) is 0 Å². The lowest BCUT2D eigenvalue weighted by atomic mass is 10.1. The summed E-state index contributed by atoms with van der Waals surface area (Å²) in [6.07, 6.45) is 4.34. The van der Waals surface area contributed by atoms with E-state index in [0.29, 0.717) is 12.3 Å². The molecule has 0 unspecified atom stereocenters. The van der Waals surface area contributed by atoms with E-state index in [4.69, 9.17) is 4.74 Å². The summed E-state index contributed by atoms with van der Waals surface area (Å²) in [5.41, 5.74) is 0. The number of morpholine rings is 1. The zero-order valence-corrected chi connectivity index (χ0v) is 9.74. The number of hydrogen-bond acceptors (Lipinski definition) is 3. The van der Waals surface area contributed by atoms with Crippen molar-refractivity contribution >= 4 is 5.78 Å². The van der Waals surface area contributed by atoms with Gasteiger partial charge in [-0.3, -0.25) is 9.69 Å². The van der Waals surface area contributed by atoms with E-state index in [9.17, 15) is 4.79 Å². The zero-order valence-electron chi connectivity index (χ0n) is 9.74. The molecule has 1 saturated heterocycles. The normalized spacial score (nSPS) is 18.9. The average molecular weight is 211 g/mol. The molecule has 1 heterocycles. The first kappa shape index (κ1) is 12.4. The zero-order chi connectivity index (χ0) is 11.1. The first-order valence-corrected chi connectivity index (χ1v) is 5.68. The minimum absolute atomic E-state index is 0.234. The van der Waals surface area contributed by atoms with Gasteiger partial charge in [-0.25, -0.2) is 0 Å². The number of carbonyl (C=O) groups is 1. The van der Waals surface area contributed by atoms with E-state index in [1.54, 1.807) is 6.08 Å². The summed E-state index contributed by atoms with van der Waals surface area (Å²) in [6, 6.07) is 0. The number of ether oxygens (including phenoxy) is 1. The van der Waals surface area contributed by atoms with Gasteiger partial charge in [-0.05, 0) is 12.0 Å². The Morgan fingerprint density at radius 3 is 2.67 bits per heavy atom. The summed E-state index contributed by atoms with van der Waals surface area (Å²) >= 11 is 0. The highest BCUT2D eigenvalue weighted by molar-refractivity contribution is 5.89. The van der Waals surface area contributed by atoms with Crippen molar-refractivity contribution in [3.63, 3.8) is 0 Å². The quantitative estimate of drug-likeness (QED) is 0.645. The molecule has 0 aromatic rings. The molecule has 0 radical (unpaired) electrons. The van der Waals surface area contributed by atoms with Crippen LogP contribution in [0.4, 0.5) is 0 Å². The van der Waals surface area contributed by atoms with Gasteiger partial charge in [0.1, 0.15) is 0 Å². The van der Waals surface area contributed by atoms with Crippen molar-refractivity contribution in [3.8, 4) is 0 Å². The summed E-state index contributed by atoms with van der Waals surface area (Å²) in [5.74, 6) is 0.684. The van der Waals surface area contributed by atoms with E-state index in [1.807, 2.05) is 6.08 Å². The number of carbonyl (C=O) groups excluding carboxylic acids is 1. The number of hydrogen-bond donors (Lipinski definition) is 0. The third-order valence-corrected chi connectivity index (χ3v) is 2.38. The Morgan fingerprint density at radius 2 is 2.07 bits per heavy atom. The highest BCUT2D eigenvalue weighted by atomic mass is 16.5. The molecule has 0 amide bonds. The number of ketones is 1. The predicted octanol–water partition coefficient (Wildman–Crippen LogP) is 1.49. The number of allylic oxidation sites excluding steroid dienone is 1. The summed E-state index contributed by atoms with van der Waals surface area (Å²) in [4.78, 5) is 13.7. The third kappa shape index (κ3) is 5.70. The van der Waals surface area contributed by atoms with Gasteiger partial charge in [-0.2, -0.15) is 0 Å². The van der Waals surface area contributed by atoms with Crippen LogP contribution >= 0.6 is 0 Å². The van der Waals surface area contributed by atoms with Gasteiger partial charge >= 0.3 is 0 Å². The van der Waals surface area contributed by atoms with Crippen LogP contribution in [0.15, 0.2) is 12.2 Å². The molecule has 0 bridgehead atoms. The van der Waals surface area contributed by atoms with E-state index in [0.717, 1.165) is 32.8 Å². The Morgan fingerprint density at radius 1 is 1.40 bits per heavy atom. The van der Waals surface area contributed by atoms with Crippen molar-refractivity contribution in [2.75, 3.05) is 32.8 Å². The molecule has 0 saturated carbocycles. The maximum absolute atomic E-state index is 11.4. The SMILES string of the molecule is CC(C)CC(=O)/C=C/CN1CCOCC1. The second-order valence-corrected chi connectivity index (χ2v) is 4.38. The molecule has 3 nitrogen and oxygen atoms in total. The molecule has 0 atom stereocenters. The molecule has 0 aromatic heterocycles. The molecule has 0 N–H and O–H groups in total. The van der Waals surface area contributed by atoms with Gasteiger partial charge in [0.25, 0.3) is 0 Å². The Bertz CT molecular complexity index is 218. The highest BCUT2D eigenvalue weighted by Crippen LogP contribution is 2.01. The van der Waals surface area contributed by atoms with Crippen LogP contribution in [-0.4, -0.2) is 43.5 Å². The topological polar surface area (TPSA) is 29.5 Å². The van der Waals surface area contributed by atoms with Gasteiger partial charge in [0, 0.05) is 26.1 Å². The van der Waals surface area contributed by atoms with Crippen molar-refractivity contribution in [1.29, 1.82) is 0 Å². The second kappa shape index (κ2) is 6.75. The van der Waals surface area contributed by atoms with Crippen LogP contribution in [0.25, 0.3) is 0 Å². The molecule has 3 heteroatoms. The fourth-order valence-corrected chi connectivity index (χ4v) is 1.59. The lowest BCUT2D eigenvalue weighted by Gasteiger charge is -2.25. The van der Waals surface area contributed by atoms with E-state index in [-0.39, 0.29) is 5.78 Å². The van der Waals surface area contributed by atoms with Crippen molar-refractivity contribution in [2.24, 2.45) is 5.92 Å². The first-order chi connectivity index (χ1) is 7.18. The Balaban J connectivity index is 2.17. The minimum atomic E-state index is 0.234. The molecule has 86 valence electrons. The lowest BCUT2D eigenvalue weighted by Crippen LogP contribution is -2.36. The monoisotopic (exact) mass is 211 g/mol. The molecule has 0 aromatic carbocycles. The van der Waals surface area contributed by atoms with Crippen molar-refractivity contribution in [3.05, 3.63) is 12.2 Å². The van der Waals surface area contributed by atoms with Gasteiger partial charge in [0.15, 0.2) is 5.78 Å². The van der Waals surface area contributed by atoms with Crippen molar-refractivity contribution < 1.29 is 9.53 Å². The highest BCUT2D eigenvalue weighted by Gasteiger charge is 2.08. The second-order valence-electron chi connectivity index (χ2n) is 4.38. The van der Waals surface area contributed by atoms with E-state index >= 15 is 0 Å². The van der Waals surface area contributed by atoms with Crippen LogP contribution in [0.1, 0.15) is 20.3 Å². The molecule has 1 aliphatic heterocycles. The summed E-state index contributed by atoms with van der Waals surface area (Å²) in [5, 5.41) is 0. The maximum Gasteiger partial charge on any atom is 0.155 e. The lowest BCUT2D eigenvalue weighted by molar-refractivity contribution is -0.115. The Labute approximate surface area is 92.1 Å². The van der Waals surface area contributed by atoms with E-state index in [1.165, 1.54) is 0 Å². The molecular formula is C12H21NO2. The summed E-state index contributed by atoms with van der Waals surface area (Å²) in [6.45, 7) is 8.57. The molecule has 1 aliphatic rings. The van der Waals surface area contributed by atoms with Gasteiger partial charge < -0.3 is 4.74 Å². The molecular weight excluding hydrogens is 190 g/mol. The van der Waals surface area contributed by atoms with E-state index < -0.39 is 0 Å². The van der Waals surface area contributed by atoms with Crippen LogP contribution in [0, 0.1) is 5.92 Å². The van der Waals surface area contributed by atoms with Gasteiger partial charge in [0.05, 0.1) is 13.2 Å². The van der Waals surface area contributed by atoms with Gasteiger partial charge in [-0.1, -0.05) is 19.9 Å². The van der Waals surface area contributed by atoms with Crippen LogP contribution in [0.2, 0.25) is 0 Å². The van der Waals surface area contributed by atoms with Crippen LogP contribution in [0.3, 0.4) is 0 Å². The molecule has 1 rings (SSSR count). The molecule has 1 fully saturated rings. The average Bonchev–Trinajstić information content (AvgIpc) is 2.18. The summed E-state index contributed by atoms with van der Waals surface area (Å²) < 4.78 is 5.25. The fourth-order valence-electron chi connectivity index (χ4n) is 1.59. The molecule has 0 aliphatic carbocycles. The van der Waals surface area contributed by atoms with Gasteiger partial charge in [0.2, 0.25) is 0 Å². The molecule has 0 spiro atoms. The summed E-state index contributed by atoms with van der Waals surface area (Å²) in [7, 11) is 0. The first-order valence-electron chi connectivity index (χ1n) is 5.68. The van der Waals surface area contributed by atoms with Crippen LogP contribution in [-0.2, 0) is 9.53 Å². The third-order valence-electron chi connectivity index (χ3n) is 2.38. The van der Waals surface area contributed by atoms with E-state index in [2.05, 4.69) is 18.7 Å². The maximum atomic E-state index is 11.4. The van der Waals surface area contributed by atoms with Crippen molar-refractivity contribution in [2.45, 2.75) is 20.3 Å². The fraction of sp³-hybridized carbons (Fsp3) is 0.750. The molecule has 15 heavy (non-hydrogen) atoms. The van der Waals surface area contributed by atoms with Crippen molar-refractivity contribution in [1.82, 2.24) is 4.90 Å². The standard InChI is InChI=1S/C12H21NO2/c1-11(2)10-12(14)4-3-5-13-6-8-15-9-7-13/h3-4,11H,5-10H2,1-2H3/b4-3+. The minimum Gasteiger partial charge on any atom is -0.379 e. The number of nitrogens with zero attached hydrogens (tertiary/aromatic N) is 1. The smallest absolute Gasteiger partial charge is 0.155 e. The van der Waals surface area contributed by atoms with Crippen LogP contribution < -0.4 is 0 Å². The predicted molar refractivity (Wildman–Crippen MR) is 60.9 cm³/mol. The van der Waals surface area contributed by atoms with Gasteiger partial charge in [-0.15, -0.1) is 0 Å².